The maximum atomic E-state index is 13.4. The molecule has 0 bridgehead atoms. The molecule has 0 saturated heterocycles. The molecule has 2 N–H and O–H groups in total. The first-order valence-electron chi connectivity index (χ1n) is 14.7. The molecule has 0 aromatic heterocycles. The molecule has 3 fully saturated rings. The first-order chi connectivity index (χ1) is 20.3. The highest BCUT2D eigenvalue weighted by molar-refractivity contribution is 5.92. The number of carbonyl (C=O) groups is 4. The summed E-state index contributed by atoms with van der Waals surface area (Å²) in [6.07, 6.45) is 3.96. The van der Waals surface area contributed by atoms with Crippen LogP contribution >= 0.6 is 0 Å². The maximum Gasteiger partial charge on any atom is 0.311 e. The number of nitrogens with zero attached hydrogens (tertiary/aromatic N) is 1. The van der Waals surface area contributed by atoms with Gasteiger partial charge in [-0.25, -0.2) is 0 Å². The van der Waals surface area contributed by atoms with Crippen molar-refractivity contribution in [3.8, 4) is 11.5 Å². The molecule has 1 aromatic rings. The predicted molar refractivity (Wildman–Crippen MR) is 148 cm³/mol. The molecule has 7 atom stereocenters. The Labute approximate surface area is 248 Å². The van der Waals surface area contributed by atoms with Gasteiger partial charge in [0.1, 0.15) is 17.1 Å². The highest BCUT2D eigenvalue weighted by Gasteiger charge is 2.68. The van der Waals surface area contributed by atoms with Gasteiger partial charge in [-0.05, 0) is 79.9 Å². The Bertz CT molecular complexity index is 1370. The number of fused-ring (bicyclic) bond motifs is 5. The van der Waals surface area contributed by atoms with E-state index in [0.29, 0.717) is 19.3 Å². The molecule has 4 aliphatic carbocycles. The summed E-state index contributed by atoms with van der Waals surface area (Å²) < 4.78 is 10.2. The number of rotatable bonds is 9. The van der Waals surface area contributed by atoms with E-state index in [1.807, 2.05) is 6.92 Å². The molecule has 5 rings (SSSR count). The summed E-state index contributed by atoms with van der Waals surface area (Å²) >= 11 is 0. The van der Waals surface area contributed by atoms with Crippen LogP contribution in [0.1, 0.15) is 71.6 Å². The van der Waals surface area contributed by atoms with Crippen molar-refractivity contribution in [1.29, 1.82) is 0 Å². The molecular formula is C31H37NO11. The molecule has 12 heteroatoms. The zero-order valence-corrected chi connectivity index (χ0v) is 24.3. The Hall–Kier alpha value is -3.64. The molecule has 0 spiro atoms. The second-order valence-electron chi connectivity index (χ2n) is 12.8. The quantitative estimate of drug-likeness (QED) is 0.184. The van der Waals surface area contributed by atoms with E-state index in [0.717, 1.165) is 24.5 Å². The fourth-order valence-corrected chi connectivity index (χ4v) is 8.55. The zero-order valence-electron chi connectivity index (χ0n) is 24.3. The Kier molecular flexibility index (Phi) is 8.21. The third-order valence-electron chi connectivity index (χ3n) is 10.6. The molecule has 0 radical (unpaired) electrons. The lowest BCUT2D eigenvalue weighted by Crippen LogP contribution is -2.62. The van der Waals surface area contributed by atoms with Gasteiger partial charge in [-0.1, -0.05) is 25.5 Å². The van der Waals surface area contributed by atoms with Crippen molar-refractivity contribution in [3.05, 3.63) is 46.0 Å². The van der Waals surface area contributed by atoms with Crippen molar-refractivity contribution in [2.45, 2.75) is 83.3 Å². The van der Waals surface area contributed by atoms with Crippen molar-refractivity contribution in [2.24, 2.45) is 28.6 Å². The van der Waals surface area contributed by atoms with Gasteiger partial charge in [0.2, 0.25) is 5.78 Å². The number of ketones is 2. The monoisotopic (exact) mass is 599 g/mol. The number of allylic oxidation sites excluding steroid dienone is 1. The van der Waals surface area contributed by atoms with E-state index in [4.69, 9.17) is 9.47 Å². The predicted octanol–water partition coefficient (Wildman–Crippen LogP) is 3.29. The molecule has 0 unspecified atom stereocenters. The molecule has 232 valence electrons. The molecule has 1 aromatic carbocycles. The number of aliphatic hydroxyl groups is 2. The lowest BCUT2D eigenvalue weighted by Gasteiger charge is -2.60. The molecule has 0 aliphatic heterocycles. The van der Waals surface area contributed by atoms with E-state index in [-0.39, 0.29) is 66.1 Å². The Morgan fingerprint density at radius 1 is 1.07 bits per heavy atom. The number of hydrogen-bond acceptors (Lipinski definition) is 11. The molecular weight excluding hydrogens is 562 g/mol. The first-order valence-corrected chi connectivity index (χ1v) is 14.7. The molecule has 4 aliphatic rings. The SMILES string of the molecule is C[C@]12CCC(=O)C=C1CC[C@@H]1[C@@H]2[C@@H](O)C[C@@]2(C)[C@H]1CC[C@]2(O)C(=O)COC(=O)CCC(=O)Oc1cccc(O[N+](=O)[O-])c1. The largest absolute Gasteiger partial charge is 0.458 e. The van der Waals surface area contributed by atoms with Gasteiger partial charge in [0, 0.05) is 17.9 Å². The van der Waals surface area contributed by atoms with Crippen LogP contribution in [-0.4, -0.2) is 57.1 Å². The third kappa shape index (κ3) is 5.58. The lowest BCUT2D eigenvalue weighted by atomic mass is 9.45. The maximum absolute atomic E-state index is 13.4. The van der Waals surface area contributed by atoms with Crippen molar-refractivity contribution in [3.63, 3.8) is 0 Å². The van der Waals surface area contributed by atoms with Crippen molar-refractivity contribution < 1.29 is 48.8 Å². The van der Waals surface area contributed by atoms with E-state index < -0.39 is 46.5 Å². The van der Waals surface area contributed by atoms with Gasteiger partial charge in [0.05, 0.1) is 18.9 Å². The summed E-state index contributed by atoms with van der Waals surface area (Å²) in [4.78, 5) is 64.8. The number of benzene rings is 1. The minimum absolute atomic E-state index is 0.00719. The summed E-state index contributed by atoms with van der Waals surface area (Å²) in [6.45, 7) is 3.32. The second-order valence-corrected chi connectivity index (χ2v) is 12.8. The van der Waals surface area contributed by atoms with Crippen LogP contribution in [0.15, 0.2) is 35.9 Å². The molecule has 0 heterocycles. The Morgan fingerprint density at radius 2 is 1.79 bits per heavy atom. The van der Waals surface area contributed by atoms with Gasteiger partial charge in [-0.15, -0.1) is 10.1 Å². The van der Waals surface area contributed by atoms with Crippen LogP contribution in [0.25, 0.3) is 0 Å². The highest BCUT2D eigenvalue weighted by Crippen LogP contribution is 2.67. The fraction of sp³-hybridized carbons (Fsp3) is 0.613. The number of Topliss-reactive ketones (excluding diaryl/α,β-unsaturated/α-hetero) is 1. The number of carbonyl (C=O) groups excluding carboxylic acids is 4. The van der Waals surface area contributed by atoms with Gasteiger partial charge >= 0.3 is 11.9 Å². The zero-order chi connectivity index (χ0) is 31.2. The average molecular weight is 600 g/mol. The molecule has 43 heavy (non-hydrogen) atoms. The van der Waals surface area contributed by atoms with E-state index in [1.165, 1.54) is 18.2 Å². The minimum Gasteiger partial charge on any atom is -0.458 e. The highest BCUT2D eigenvalue weighted by atomic mass is 17.0. The molecule has 3 saturated carbocycles. The average Bonchev–Trinajstić information content (AvgIpc) is 3.21. The van der Waals surface area contributed by atoms with Gasteiger partial charge in [0.25, 0.3) is 5.09 Å². The van der Waals surface area contributed by atoms with Crippen LogP contribution < -0.4 is 9.57 Å². The minimum atomic E-state index is -1.78. The van der Waals surface area contributed by atoms with Gasteiger partial charge in [-0.3, -0.25) is 24.0 Å². The fourth-order valence-electron chi connectivity index (χ4n) is 8.55. The summed E-state index contributed by atoms with van der Waals surface area (Å²) in [6, 6.07) is 5.25. The van der Waals surface area contributed by atoms with E-state index in [9.17, 15) is 39.5 Å². The summed E-state index contributed by atoms with van der Waals surface area (Å²) in [5.74, 6) is -2.25. The molecule has 12 nitrogen and oxygen atoms in total. The van der Waals surface area contributed by atoms with Crippen LogP contribution in [0.3, 0.4) is 0 Å². The van der Waals surface area contributed by atoms with Gasteiger partial charge in [-0.2, -0.15) is 0 Å². The number of aliphatic hydroxyl groups excluding tert-OH is 1. The Balaban J connectivity index is 1.17. The number of hydrogen-bond donors (Lipinski definition) is 2. The van der Waals surface area contributed by atoms with Crippen LogP contribution in [0.5, 0.6) is 11.5 Å². The van der Waals surface area contributed by atoms with Crippen molar-refractivity contribution in [2.75, 3.05) is 6.61 Å². The second kappa shape index (κ2) is 11.5. The van der Waals surface area contributed by atoms with Gasteiger partial charge < -0.3 is 19.7 Å². The summed E-state index contributed by atoms with van der Waals surface area (Å²) in [7, 11) is 0. The Morgan fingerprint density at radius 3 is 2.53 bits per heavy atom. The van der Waals surface area contributed by atoms with Crippen LogP contribution in [0.2, 0.25) is 0 Å². The summed E-state index contributed by atoms with van der Waals surface area (Å²) in [5, 5.41) is 32.8. The number of esters is 2. The third-order valence-corrected chi connectivity index (χ3v) is 10.6. The topological polar surface area (TPSA) is 180 Å². The smallest absolute Gasteiger partial charge is 0.311 e. The van der Waals surface area contributed by atoms with Crippen LogP contribution in [-0.2, 0) is 23.9 Å². The normalized spacial score (nSPS) is 34.6. The first kappa shape index (κ1) is 30.8. The van der Waals surface area contributed by atoms with Crippen molar-refractivity contribution in [1.82, 2.24) is 0 Å². The lowest BCUT2D eigenvalue weighted by molar-refractivity contribution is -0.711. The van der Waals surface area contributed by atoms with E-state index in [2.05, 4.69) is 11.8 Å². The van der Waals surface area contributed by atoms with Crippen LogP contribution in [0.4, 0.5) is 0 Å². The summed E-state index contributed by atoms with van der Waals surface area (Å²) in [5.41, 5.74) is -1.87. The molecule has 0 amide bonds. The van der Waals surface area contributed by atoms with Gasteiger partial charge in [0.15, 0.2) is 12.4 Å². The van der Waals surface area contributed by atoms with E-state index >= 15 is 0 Å². The standard InChI is InChI=1S/C31H37NO11/c1-29-12-10-19(33)14-18(29)6-7-22-23-11-13-31(38,30(23,2)16-24(34)28(22)29)25(35)17-41-26(36)8-9-27(37)42-20-4-3-5-21(15-20)43-32(39)40/h3-5,14-15,22-24,28,34,38H,6-13,16-17H2,1-2H3/t22-,23-,24-,28+,29-,30-,31-/m0/s1. The van der Waals surface area contributed by atoms with Crippen molar-refractivity contribution >= 4 is 23.5 Å². The van der Waals surface area contributed by atoms with Crippen LogP contribution in [0, 0.1) is 38.7 Å². The van der Waals surface area contributed by atoms with E-state index in [1.54, 1.807) is 6.08 Å². The number of ether oxygens (including phenoxy) is 2.